The van der Waals surface area contributed by atoms with Crippen molar-refractivity contribution >= 4 is 27.8 Å². The van der Waals surface area contributed by atoms with Gasteiger partial charge in [0.25, 0.3) is 5.91 Å². The number of benzene rings is 2. The number of aryl methyl sites for hydroxylation is 1. The zero-order valence-corrected chi connectivity index (χ0v) is 17.2. The van der Waals surface area contributed by atoms with E-state index in [4.69, 9.17) is 4.74 Å². The minimum atomic E-state index is -4.50. The summed E-state index contributed by atoms with van der Waals surface area (Å²) >= 11 is 0. The maximum absolute atomic E-state index is 12.7. The number of rotatable bonds is 7. The van der Waals surface area contributed by atoms with Gasteiger partial charge in [-0.3, -0.25) is 9.10 Å². The average molecular weight is 443 g/mol. The van der Waals surface area contributed by atoms with E-state index in [0.717, 1.165) is 34.5 Å². The number of hydrazone groups is 1. The molecule has 0 aliphatic heterocycles. The molecule has 2 aromatic carbocycles. The Bertz CT molecular complexity index is 1050. The van der Waals surface area contributed by atoms with E-state index >= 15 is 0 Å². The van der Waals surface area contributed by atoms with Crippen LogP contribution in [0.15, 0.2) is 47.6 Å². The van der Waals surface area contributed by atoms with Crippen molar-refractivity contribution in [1.82, 2.24) is 5.43 Å². The minimum absolute atomic E-state index is 0.116. The number of amides is 1. The van der Waals surface area contributed by atoms with Gasteiger partial charge in [-0.2, -0.15) is 18.3 Å². The molecule has 2 rings (SSSR count). The lowest BCUT2D eigenvalue weighted by molar-refractivity contribution is -0.137. The van der Waals surface area contributed by atoms with Gasteiger partial charge < -0.3 is 4.74 Å². The van der Waals surface area contributed by atoms with E-state index in [2.05, 4.69) is 10.5 Å². The molecule has 162 valence electrons. The van der Waals surface area contributed by atoms with Gasteiger partial charge in [0.2, 0.25) is 10.0 Å². The van der Waals surface area contributed by atoms with Gasteiger partial charge >= 0.3 is 6.18 Å². The second-order valence-corrected chi connectivity index (χ2v) is 8.27. The lowest BCUT2D eigenvalue weighted by Gasteiger charge is -2.23. The summed E-state index contributed by atoms with van der Waals surface area (Å²) < 4.78 is 68.7. The van der Waals surface area contributed by atoms with Crippen LogP contribution in [0.25, 0.3) is 0 Å². The number of carbonyl (C=O) groups is 1. The Kier molecular flexibility index (Phi) is 7.08. The Hall–Kier alpha value is -3.08. The lowest BCUT2D eigenvalue weighted by atomic mass is 10.1. The SMILES string of the molecule is COc1ccc(C)cc1N(CC(=O)N/N=C\c1cccc(C(F)(F)F)c1)S(C)(=O)=O. The molecule has 0 saturated carbocycles. The van der Waals surface area contributed by atoms with Crippen LogP contribution in [-0.4, -0.2) is 40.4 Å². The molecule has 1 amide bonds. The molecule has 30 heavy (non-hydrogen) atoms. The molecule has 0 heterocycles. The van der Waals surface area contributed by atoms with Gasteiger partial charge in [-0.05, 0) is 42.3 Å². The number of halogens is 3. The number of alkyl halides is 3. The van der Waals surface area contributed by atoms with Crippen LogP contribution in [0, 0.1) is 6.92 Å². The van der Waals surface area contributed by atoms with Crippen molar-refractivity contribution in [2.45, 2.75) is 13.1 Å². The first-order valence-corrected chi connectivity index (χ1v) is 10.4. The van der Waals surface area contributed by atoms with Gasteiger partial charge in [0.15, 0.2) is 0 Å². The van der Waals surface area contributed by atoms with E-state index in [9.17, 15) is 26.4 Å². The molecule has 0 fully saturated rings. The van der Waals surface area contributed by atoms with Gasteiger partial charge in [0.1, 0.15) is 12.3 Å². The van der Waals surface area contributed by atoms with Crippen molar-refractivity contribution in [2.75, 3.05) is 24.2 Å². The van der Waals surface area contributed by atoms with Crippen molar-refractivity contribution in [3.8, 4) is 5.75 Å². The van der Waals surface area contributed by atoms with Crippen molar-refractivity contribution < 1.29 is 31.1 Å². The number of ether oxygens (including phenoxy) is 1. The Balaban J connectivity index is 2.17. The molecule has 0 aromatic heterocycles. The molecule has 11 heteroatoms. The van der Waals surface area contributed by atoms with Crippen LogP contribution in [-0.2, 0) is 21.0 Å². The standard InChI is InChI=1S/C19H20F3N3O4S/c1-13-7-8-17(29-2)16(9-13)25(30(3,27)28)12-18(26)24-23-11-14-5-4-6-15(10-14)19(20,21)22/h4-11H,12H2,1-3H3,(H,24,26)/b23-11-. The first-order valence-electron chi connectivity index (χ1n) is 8.53. The summed E-state index contributed by atoms with van der Waals surface area (Å²) in [5, 5.41) is 3.61. The first-order chi connectivity index (χ1) is 13.9. The third-order valence-corrected chi connectivity index (χ3v) is 5.03. The topological polar surface area (TPSA) is 88.1 Å². The quantitative estimate of drug-likeness (QED) is 0.527. The van der Waals surface area contributed by atoms with Crippen LogP contribution < -0.4 is 14.5 Å². The summed E-state index contributed by atoms with van der Waals surface area (Å²) in [6.07, 6.45) is -2.53. The predicted octanol–water partition coefficient (Wildman–Crippen LogP) is 2.94. The number of sulfonamides is 1. The smallest absolute Gasteiger partial charge is 0.416 e. The van der Waals surface area contributed by atoms with Crippen molar-refractivity contribution in [3.05, 3.63) is 59.2 Å². The maximum atomic E-state index is 12.7. The largest absolute Gasteiger partial charge is 0.495 e. The van der Waals surface area contributed by atoms with E-state index in [1.165, 1.54) is 19.2 Å². The number of methoxy groups -OCH3 is 1. The van der Waals surface area contributed by atoms with E-state index < -0.39 is 34.2 Å². The monoisotopic (exact) mass is 443 g/mol. The molecular weight excluding hydrogens is 423 g/mol. The maximum Gasteiger partial charge on any atom is 0.416 e. The van der Waals surface area contributed by atoms with Gasteiger partial charge in [0.05, 0.1) is 30.8 Å². The summed E-state index contributed by atoms with van der Waals surface area (Å²) in [6, 6.07) is 9.23. The highest BCUT2D eigenvalue weighted by molar-refractivity contribution is 7.92. The second-order valence-electron chi connectivity index (χ2n) is 6.36. The summed E-state index contributed by atoms with van der Waals surface area (Å²) in [5.41, 5.74) is 2.31. The zero-order chi connectivity index (χ0) is 22.5. The highest BCUT2D eigenvalue weighted by Crippen LogP contribution is 2.31. The summed E-state index contributed by atoms with van der Waals surface area (Å²) in [4.78, 5) is 12.2. The third kappa shape index (κ3) is 6.21. The van der Waals surface area contributed by atoms with Crippen molar-refractivity contribution in [1.29, 1.82) is 0 Å². The van der Waals surface area contributed by atoms with Crippen LogP contribution in [0.3, 0.4) is 0 Å². The van der Waals surface area contributed by atoms with Crippen LogP contribution in [0.2, 0.25) is 0 Å². The summed E-state index contributed by atoms with van der Waals surface area (Å²) in [5.74, 6) is -0.529. The summed E-state index contributed by atoms with van der Waals surface area (Å²) in [6.45, 7) is 1.15. The number of nitrogens with one attached hydrogen (secondary N) is 1. The first kappa shape index (κ1) is 23.2. The third-order valence-electron chi connectivity index (χ3n) is 3.91. The van der Waals surface area contributed by atoms with Gasteiger partial charge in [0, 0.05) is 0 Å². The molecule has 0 unspecified atom stereocenters. The number of nitrogens with zero attached hydrogens (tertiary/aromatic N) is 2. The highest BCUT2D eigenvalue weighted by atomic mass is 32.2. The number of anilines is 1. The molecule has 7 nitrogen and oxygen atoms in total. The van der Waals surface area contributed by atoms with Crippen molar-refractivity contribution in [2.24, 2.45) is 5.10 Å². The molecule has 0 radical (unpaired) electrons. The minimum Gasteiger partial charge on any atom is -0.495 e. The molecule has 0 aliphatic carbocycles. The number of hydrogen-bond donors (Lipinski definition) is 1. The average Bonchev–Trinajstić information content (AvgIpc) is 2.65. The van der Waals surface area contributed by atoms with E-state index in [1.54, 1.807) is 25.1 Å². The molecule has 0 bridgehead atoms. The Morgan fingerprint density at radius 1 is 1.23 bits per heavy atom. The van der Waals surface area contributed by atoms with Gasteiger partial charge in [-0.25, -0.2) is 13.8 Å². The Labute approximate surface area is 172 Å². The molecule has 1 N–H and O–H groups in total. The predicted molar refractivity (Wildman–Crippen MR) is 107 cm³/mol. The molecular formula is C19H20F3N3O4S. The van der Waals surface area contributed by atoms with Crippen LogP contribution >= 0.6 is 0 Å². The molecule has 0 spiro atoms. The number of carbonyl (C=O) groups excluding carboxylic acids is 1. The van der Waals surface area contributed by atoms with Gasteiger partial charge in [-0.1, -0.05) is 18.2 Å². The zero-order valence-electron chi connectivity index (χ0n) is 16.4. The lowest BCUT2D eigenvalue weighted by Crippen LogP contribution is -2.39. The van der Waals surface area contributed by atoms with E-state index in [0.29, 0.717) is 0 Å². The molecule has 0 aliphatic rings. The normalized spacial score (nSPS) is 12.1. The fourth-order valence-corrected chi connectivity index (χ4v) is 3.37. The van der Waals surface area contributed by atoms with Crippen molar-refractivity contribution in [3.63, 3.8) is 0 Å². The number of hydrogen-bond acceptors (Lipinski definition) is 5. The fraction of sp³-hybridized carbons (Fsp3) is 0.263. The van der Waals surface area contributed by atoms with E-state index in [1.807, 2.05) is 0 Å². The van der Waals surface area contributed by atoms with Gasteiger partial charge in [-0.15, -0.1) is 0 Å². The summed E-state index contributed by atoms with van der Waals surface area (Å²) in [7, 11) is -2.48. The molecule has 0 saturated heterocycles. The Morgan fingerprint density at radius 2 is 1.93 bits per heavy atom. The van der Waals surface area contributed by atoms with E-state index in [-0.39, 0.29) is 17.0 Å². The Morgan fingerprint density at radius 3 is 2.53 bits per heavy atom. The van der Waals surface area contributed by atoms with Crippen LogP contribution in [0.4, 0.5) is 18.9 Å². The fourth-order valence-electron chi connectivity index (χ4n) is 2.52. The van der Waals surface area contributed by atoms with Crippen LogP contribution in [0.5, 0.6) is 5.75 Å². The molecule has 0 atom stereocenters. The second kappa shape index (κ2) is 9.16. The van der Waals surface area contributed by atoms with Crippen LogP contribution in [0.1, 0.15) is 16.7 Å². The molecule has 2 aromatic rings. The highest BCUT2D eigenvalue weighted by Gasteiger charge is 2.30.